The summed E-state index contributed by atoms with van der Waals surface area (Å²) in [6.45, 7) is 3.05. The lowest BCUT2D eigenvalue weighted by molar-refractivity contribution is -0.143. The van der Waals surface area contributed by atoms with Gasteiger partial charge in [-0.1, -0.05) is 35.8 Å². The Morgan fingerprint density at radius 1 is 1.41 bits per heavy atom. The van der Waals surface area contributed by atoms with Gasteiger partial charge in [-0.15, -0.1) is 0 Å². The minimum absolute atomic E-state index is 0.154. The molecule has 1 aromatic carbocycles. The molecule has 27 heavy (non-hydrogen) atoms. The summed E-state index contributed by atoms with van der Waals surface area (Å²) < 4.78 is 5.20. The summed E-state index contributed by atoms with van der Waals surface area (Å²) in [7, 11) is 0. The number of piperidine rings is 1. The summed E-state index contributed by atoms with van der Waals surface area (Å²) in [4.78, 5) is 29.4. The van der Waals surface area contributed by atoms with Crippen molar-refractivity contribution >= 4 is 23.6 Å². The van der Waals surface area contributed by atoms with Crippen molar-refractivity contribution in [3.63, 3.8) is 0 Å². The molecule has 0 aliphatic carbocycles. The number of carboxylic acid groups (broad SMARTS) is 1. The number of urea groups is 1. The molecule has 1 aromatic heterocycles. The van der Waals surface area contributed by atoms with E-state index in [0.29, 0.717) is 42.7 Å². The van der Waals surface area contributed by atoms with E-state index in [1.807, 2.05) is 13.0 Å². The van der Waals surface area contributed by atoms with Crippen LogP contribution < -0.4 is 5.32 Å². The molecule has 0 radical (unpaired) electrons. The second-order valence-corrected chi connectivity index (χ2v) is 7.22. The smallest absolute Gasteiger partial charge is 0.317 e. The fraction of sp³-hybridized carbons (Fsp3) is 0.444. The predicted octanol–water partition coefficient (Wildman–Crippen LogP) is 2.68. The lowest BCUT2D eigenvalue weighted by atomic mass is 9.91. The van der Waals surface area contributed by atoms with Crippen LogP contribution in [0.3, 0.4) is 0 Å². The lowest BCUT2D eigenvalue weighted by Gasteiger charge is -2.34. The minimum atomic E-state index is -0.862. The highest BCUT2D eigenvalue weighted by atomic mass is 35.5. The molecule has 2 heterocycles. The largest absolute Gasteiger partial charge is 0.481 e. The zero-order valence-electron chi connectivity index (χ0n) is 14.9. The Balaban J connectivity index is 1.51. The van der Waals surface area contributed by atoms with Gasteiger partial charge >= 0.3 is 12.0 Å². The van der Waals surface area contributed by atoms with Crippen molar-refractivity contribution in [3.05, 3.63) is 35.2 Å². The molecule has 8 nitrogen and oxygen atoms in total. The molecule has 3 rings (SSSR count). The van der Waals surface area contributed by atoms with Crippen LogP contribution in [0, 0.1) is 11.8 Å². The zero-order chi connectivity index (χ0) is 19.4. The van der Waals surface area contributed by atoms with E-state index in [-0.39, 0.29) is 18.5 Å². The van der Waals surface area contributed by atoms with E-state index >= 15 is 0 Å². The van der Waals surface area contributed by atoms with E-state index in [2.05, 4.69) is 15.5 Å². The van der Waals surface area contributed by atoms with E-state index in [4.69, 9.17) is 16.1 Å². The summed E-state index contributed by atoms with van der Waals surface area (Å²) in [5.41, 5.74) is 0.753. The minimum Gasteiger partial charge on any atom is -0.481 e. The summed E-state index contributed by atoms with van der Waals surface area (Å²) in [6.07, 6.45) is 0.971. The number of rotatable bonds is 5. The first-order valence-electron chi connectivity index (χ1n) is 8.76. The van der Waals surface area contributed by atoms with Gasteiger partial charge in [-0.3, -0.25) is 4.79 Å². The summed E-state index contributed by atoms with van der Waals surface area (Å²) >= 11 is 5.96. The number of likely N-dealkylation sites (tertiary alicyclic amines) is 1. The van der Waals surface area contributed by atoms with Gasteiger partial charge in [0.15, 0.2) is 0 Å². The maximum absolute atomic E-state index is 12.3. The number of benzene rings is 1. The second kappa shape index (κ2) is 8.39. The highest BCUT2D eigenvalue weighted by Crippen LogP contribution is 2.22. The van der Waals surface area contributed by atoms with Gasteiger partial charge < -0.3 is 19.8 Å². The van der Waals surface area contributed by atoms with Gasteiger partial charge in [0, 0.05) is 36.6 Å². The molecule has 2 aromatic rings. The van der Waals surface area contributed by atoms with Crippen LogP contribution in [0.15, 0.2) is 28.8 Å². The third kappa shape index (κ3) is 4.97. The van der Waals surface area contributed by atoms with Crippen LogP contribution in [-0.4, -0.2) is 51.8 Å². The van der Waals surface area contributed by atoms with Crippen LogP contribution in [0.4, 0.5) is 4.79 Å². The molecule has 9 heteroatoms. The normalized spacial score (nSPS) is 19.7. The maximum atomic E-state index is 12.3. The highest BCUT2D eigenvalue weighted by molar-refractivity contribution is 6.30. The van der Waals surface area contributed by atoms with Crippen molar-refractivity contribution in [3.8, 4) is 11.4 Å². The van der Waals surface area contributed by atoms with Crippen molar-refractivity contribution in [2.75, 3.05) is 19.6 Å². The topological polar surface area (TPSA) is 109 Å². The Kier molecular flexibility index (Phi) is 5.95. The van der Waals surface area contributed by atoms with Gasteiger partial charge in [-0.2, -0.15) is 4.98 Å². The van der Waals surface area contributed by atoms with Gasteiger partial charge in [-0.25, -0.2) is 4.79 Å². The number of nitrogens with one attached hydrogen (secondary N) is 1. The number of aliphatic carboxylic acids is 1. The number of hydrogen-bond acceptors (Lipinski definition) is 5. The van der Waals surface area contributed by atoms with Crippen LogP contribution in [-0.2, 0) is 11.2 Å². The second-order valence-electron chi connectivity index (χ2n) is 6.79. The van der Waals surface area contributed by atoms with Gasteiger partial charge in [-0.05, 0) is 24.5 Å². The van der Waals surface area contributed by atoms with E-state index in [9.17, 15) is 14.7 Å². The first-order valence-corrected chi connectivity index (χ1v) is 9.14. The molecule has 2 N–H and O–H groups in total. The Bertz CT molecular complexity index is 825. The quantitative estimate of drug-likeness (QED) is 0.809. The van der Waals surface area contributed by atoms with Gasteiger partial charge in [0.2, 0.25) is 11.7 Å². The first kappa shape index (κ1) is 19.2. The molecule has 144 valence electrons. The molecular formula is C18H21ClN4O4. The predicted molar refractivity (Wildman–Crippen MR) is 98.3 cm³/mol. The van der Waals surface area contributed by atoms with Crippen molar-refractivity contribution in [2.45, 2.75) is 19.8 Å². The Morgan fingerprint density at radius 2 is 2.22 bits per heavy atom. The van der Waals surface area contributed by atoms with Gasteiger partial charge in [0.05, 0.1) is 5.92 Å². The van der Waals surface area contributed by atoms with Crippen LogP contribution in [0.1, 0.15) is 19.2 Å². The molecular weight excluding hydrogens is 372 g/mol. The zero-order valence-corrected chi connectivity index (χ0v) is 15.6. The van der Waals surface area contributed by atoms with Crippen LogP contribution in [0.5, 0.6) is 0 Å². The van der Waals surface area contributed by atoms with Crippen molar-refractivity contribution < 1.29 is 19.2 Å². The Labute approximate surface area is 161 Å². The van der Waals surface area contributed by atoms with Crippen LogP contribution in [0.25, 0.3) is 11.4 Å². The number of carbonyl (C=O) groups is 2. The number of amides is 2. The fourth-order valence-corrected chi connectivity index (χ4v) is 3.38. The molecule has 2 amide bonds. The molecule has 1 saturated heterocycles. The summed E-state index contributed by atoms with van der Waals surface area (Å²) in [6, 6.07) is 6.87. The fourth-order valence-electron chi connectivity index (χ4n) is 3.19. The maximum Gasteiger partial charge on any atom is 0.317 e. The molecule has 1 aliphatic heterocycles. The molecule has 0 saturated carbocycles. The number of aromatic nitrogens is 2. The number of carboxylic acids is 1. The monoisotopic (exact) mass is 392 g/mol. The molecule has 1 aliphatic rings. The molecule has 1 fully saturated rings. The summed E-state index contributed by atoms with van der Waals surface area (Å²) in [5, 5.41) is 16.5. The third-order valence-corrected chi connectivity index (χ3v) is 4.70. The van der Waals surface area contributed by atoms with Crippen LogP contribution in [0.2, 0.25) is 5.02 Å². The van der Waals surface area contributed by atoms with E-state index in [0.717, 1.165) is 5.56 Å². The summed E-state index contributed by atoms with van der Waals surface area (Å²) in [5.74, 6) is -0.384. The van der Waals surface area contributed by atoms with E-state index in [1.54, 1.807) is 23.1 Å². The first-order chi connectivity index (χ1) is 12.9. The van der Waals surface area contributed by atoms with Gasteiger partial charge in [0.25, 0.3) is 0 Å². The van der Waals surface area contributed by atoms with Crippen molar-refractivity contribution in [2.24, 2.45) is 11.8 Å². The SMILES string of the molecule is CC1CC(C(=O)O)CN(C(=O)NCCc2nc(-c3cccc(Cl)c3)no2)C1. The molecule has 0 bridgehead atoms. The number of halogens is 1. The standard InChI is InChI=1S/C18H21ClN4O4/c1-11-7-13(17(24)25)10-23(9-11)18(26)20-6-5-15-21-16(22-27-15)12-3-2-4-14(19)8-12/h2-4,8,11,13H,5-7,9-10H2,1H3,(H,20,26)(H,24,25). The number of hydrogen-bond donors (Lipinski definition) is 2. The molecule has 0 spiro atoms. The van der Waals surface area contributed by atoms with Crippen LogP contribution >= 0.6 is 11.6 Å². The van der Waals surface area contributed by atoms with E-state index in [1.165, 1.54) is 0 Å². The van der Waals surface area contributed by atoms with E-state index < -0.39 is 11.9 Å². The Hall–Kier alpha value is -2.61. The number of carbonyl (C=O) groups excluding carboxylic acids is 1. The Morgan fingerprint density at radius 3 is 2.96 bits per heavy atom. The average Bonchev–Trinajstić information content (AvgIpc) is 3.10. The third-order valence-electron chi connectivity index (χ3n) is 4.46. The molecule has 2 atom stereocenters. The highest BCUT2D eigenvalue weighted by Gasteiger charge is 2.31. The average molecular weight is 393 g/mol. The van der Waals surface area contributed by atoms with Crippen molar-refractivity contribution in [1.82, 2.24) is 20.4 Å². The molecule has 2 unspecified atom stereocenters. The lowest BCUT2D eigenvalue weighted by Crippen LogP contribution is -2.49. The number of nitrogens with zero attached hydrogens (tertiary/aromatic N) is 3. The van der Waals surface area contributed by atoms with Gasteiger partial charge in [0.1, 0.15) is 0 Å². The van der Waals surface area contributed by atoms with Crippen molar-refractivity contribution in [1.29, 1.82) is 0 Å².